The van der Waals surface area contributed by atoms with E-state index < -0.39 is 11.8 Å². The van der Waals surface area contributed by atoms with Gasteiger partial charge in [-0.15, -0.1) is 6.58 Å². The van der Waals surface area contributed by atoms with Gasteiger partial charge in [-0.05, 0) is 61.5 Å². The molecule has 1 N–H and O–H groups in total. The van der Waals surface area contributed by atoms with Gasteiger partial charge in [-0.2, -0.15) is 0 Å². The molecule has 7 nitrogen and oxygen atoms in total. The summed E-state index contributed by atoms with van der Waals surface area (Å²) in [4.78, 5) is 27.2. The Kier molecular flexibility index (Phi) is 7.27. The molecule has 0 aliphatic carbocycles. The van der Waals surface area contributed by atoms with Crippen LogP contribution in [-0.4, -0.2) is 37.8 Å². The van der Waals surface area contributed by atoms with E-state index in [1.807, 2.05) is 13.0 Å². The third-order valence-corrected chi connectivity index (χ3v) is 5.03. The number of carbonyl (C=O) groups excluding carboxylic acids is 2. The van der Waals surface area contributed by atoms with Crippen molar-refractivity contribution < 1.29 is 23.8 Å². The zero-order valence-electron chi connectivity index (χ0n) is 18.1. The minimum Gasteiger partial charge on any atom is -0.494 e. The fourth-order valence-electron chi connectivity index (χ4n) is 3.40. The van der Waals surface area contributed by atoms with Crippen LogP contribution in [0.1, 0.15) is 18.1 Å². The van der Waals surface area contributed by atoms with Crippen molar-refractivity contribution in [3.05, 3.63) is 65.8 Å². The maximum Gasteiger partial charge on any atom is 0.270 e. The van der Waals surface area contributed by atoms with Crippen LogP contribution in [0, 0.1) is 0 Å². The van der Waals surface area contributed by atoms with Crippen molar-refractivity contribution in [1.82, 2.24) is 5.32 Å². The fraction of sp³-hybridized carbons (Fsp3) is 0.208. The van der Waals surface area contributed by atoms with E-state index in [-0.39, 0.29) is 10.7 Å². The molecular formula is C24H24N2O5S. The number of benzene rings is 2. The number of methoxy groups -OCH3 is 2. The third kappa shape index (κ3) is 4.65. The Morgan fingerprint density at radius 3 is 2.59 bits per heavy atom. The van der Waals surface area contributed by atoms with Gasteiger partial charge in [-0.3, -0.25) is 19.8 Å². The van der Waals surface area contributed by atoms with E-state index in [0.717, 1.165) is 5.56 Å². The summed E-state index contributed by atoms with van der Waals surface area (Å²) in [6, 6.07) is 10.5. The van der Waals surface area contributed by atoms with Crippen LogP contribution in [0.15, 0.2) is 54.6 Å². The smallest absolute Gasteiger partial charge is 0.270 e. The normalized spacial score (nSPS) is 14.9. The lowest BCUT2D eigenvalue weighted by molar-refractivity contribution is -0.122. The summed E-state index contributed by atoms with van der Waals surface area (Å²) >= 11 is 5.27. The summed E-state index contributed by atoms with van der Waals surface area (Å²) in [5.41, 5.74) is 1.86. The van der Waals surface area contributed by atoms with Crippen LogP contribution >= 0.6 is 12.2 Å². The van der Waals surface area contributed by atoms with Gasteiger partial charge in [0.2, 0.25) is 0 Å². The summed E-state index contributed by atoms with van der Waals surface area (Å²) in [6.07, 6.45) is 3.77. The maximum absolute atomic E-state index is 13.3. The SMILES string of the molecule is C=CCc1cc(/C=C2\C(=O)NC(=S)N(c3cccc(OCC)c3)C2=O)cc(OC)c1OC. The highest BCUT2D eigenvalue weighted by Gasteiger charge is 2.34. The zero-order valence-corrected chi connectivity index (χ0v) is 19.0. The molecule has 3 rings (SSSR count). The molecule has 0 atom stereocenters. The monoisotopic (exact) mass is 452 g/mol. The quantitative estimate of drug-likeness (QED) is 0.285. The maximum atomic E-state index is 13.3. The van der Waals surface area contributed by atoms with E-state index in [9.17, 15) is 9.59 Å². The number of anilines is 1. The second-order valence-electron chi connectivity index (χ2n) is 6.80. The molecule has 1 aliphatic heterocycles. The second kappa shape index (κ2) is 10.1. The zero-order chi connectivity index (χ0) is 23.3. The van der Waals surface area contributed by atoms with E-state index in [1.165, 1.54) is 18.1 Å². The molecule has 8 heteroatoms. The van der Waals surface area contributed by atoms with Crippen LogP contribution in [-0.2, 0) is 16.0 Å². The topological polar surface area (TPSA) is 77.1 Å². The lowest BCUT2D eigenvalue weighted by Gasteiger charge is -2.29. The molecule has 2 aromatic carbocycles. The van der Waals surface area contributed by atoms with Crippen LogP contribution < -0.4 is 24.4 Å². The number of nitrogens with one attached hydrogen (secondary N) is 1. The predicted octanol–water partition coefficient (Wildman–Crippen LogP) is 3.66. The highest BCUT2D eigenvalue weighted by atomic mass is 32.1. The first-order chi connectivity index (χ1) is 15.4. The van der Waals surface area contributed by atoms with Crippen molar-refractivity contribution in [2.75, 3.05) is 25.7 Å². The molecule has 0 aromatic heterocycles. The Labute approximate surface area is 192 Å². The van der Waals surface area contributed by atoms with Crippen LogP contribution in [0.2, 0.25) is 0 Å². The van der Waals surface area contributed by atoms with E-state index in [4.69, 9.17) is 26.4 Å². The fourth-order valence-corrected chi connectivity index (χ4v) is 3.68. The van der Waals surface area contributed by atoms with Crippen molar-refractivity contribution in [2.45, 2.75) is 13.3 Å². The Morgan fingerprint density at radius 2 is 1.94 bits per heavy atom. The summed E-state index contributed by atoms with van der Waals surface area (Å²) in [5.74, 6) is 0.547. The van der Waals surface area contributed by atoms with Gasteiger partial charge >= 0.3 is 0 Å². The van der Waals surface area contributed by atoms with Crippen molar-refractivity contribution in [3.63, 3.8) is 0 Å². The number of hydrogen-bond acceptors (Lipinski definition) is 6. The van der Waals surface area contributed by atoms with Gasteiger partial charge in [0.1, 0.15) is 11.3 Å². The number of hydrogen-bond donors (Lipinski definition) is 1. The number of amides is 2. The predicted molar refractivity (Wildman–Crippen MR) is 127 cm³/mol. The molecule has 1 aliphatic rings. The molecule has 0 unspecified atom stereocenters. The van der Waals surface area contributed by atoms with E-state index in [0.29, 0.717) is 41.5 Å². The average Bonchev–Trinajstić information content (AvgIpc) is 2.77. The van der Waals surface area contributed by atoms with Crippen molar-refractivity contribution >= 4 is 40.9 Å². The molecule has 32 heavy (non-hydrogen) atoms. The number of thiocarbonyl (C=S) groups is 1. The lowest BCUT2D eigenvalue weighted by Crippen LogP contribution is -2.54. The summed E-state index contributed by atoms with van der Waals surface area (Å²) in [6.45, 7) is 6.12. The second-order valence-corrected chi connectivity index (χ2v) is 7.18. The van der Waals surface area contributed by atoms with Gasteiger partial charge in [0.05, 0.1) is 26.5 Å². The first-order valence-electron chi connectivity index (χ1n) is 9.93. The highest BCUT2D eigenvalue weighted by molar-refractivity contribution is 7.80. The molecule has 2 aromatic rings. The standard InChI is InChI=1S/C24H24N2O5S/c1-5-8-16-11-15(13-20(29-3)21(16)30-4)12-19-22(27)25-24(32)26(23(19)28)17-9-7-10-18(14-17)31-6-2/h5,7,9-14H,1,6,8H2,2-4H3,(H,25,27,32)/b19-12+. The van der Waals surface area contributed by atoms with Gasteiger partial charge in [0.15, 0.2) is 16.6 Å². The highest BCUT2D eigenvalue weighted by Crippen LogP contribution is 2.34. The van der Waals surface area contributed by atoms with Crippen molar-refractivity contribution in [3.8, 4) is 17.2 Å². The molecule has 1 saturated heterocycles. The lowest BCUT2D eigenvalue weighted by atomic mass is 10.0. The van der Waals surface area contributed by atoms with Crippen molar-refractivity contribution in [1.29, 1.82) is 0 Å². The summed E-state index contributed by atoms with van der Waals surface area (Å²) < 4.78 is 16.4. The van der Waals surface area contributed by atoms with Crippen LogP contribution in [0.3, 0.4) is 0 Å². The number of ether oxygens (including phenoxy) is 3. The molecule has 2 amide bonds. The van der Waals surface area contributed by atoms with Crippen LogP contribution in [0.4, 0.5) is 5.69 Å². The van der Waals surface area contributed by atoms with Gasteiger partial charge in [0.25, 0.3) is 11.8 Å². The molecule has 1 heterocycles. The van der Waals surface area contributed by atoms with E-state index in [1.54, 1.807) is 43.5 Å². The Balaban J connectivity index is 2.05. The molecule has 0 radical (unpaired) electrons. The van der Waals surface area contributed by atoms with Gasteiger partial charge in [-0.1, -0.05) is 12.1 Å². The molecule has 0 spiro atoms. The number of carbonyl (C=O) groups is 2. The van der Waals surface area contributed by atoms with E-state index in [2.05, 4.69) is 11.9 Å². The molecule has 166 valence electrons. The average molecular weight is 453 g/mol. The Morgan fingerprint density at radius 1 is 1.16 bits per heavy atom. The first kappa shape index (κ1) is 23.0. The minimum absolute atomic E-state index is 0.00505. The molecule has 0 bridgehead atoms. The van der Waals surface area contributed by atoms with E-state index >= 15 is 0 Å². The van der Waals surface area contributed by atoms with Crippen LogP contribution in [0.25, 0.3) is 6.08 Å². The Bertz CT molecular complexity index is 1110. The third-order valence-electron chi connectivity index (χ3n) is 4.74. The van der Waals surface area contributed by atoms with Gasteiger partial charge in [0, 0.05) is 11.6 Å². The van der Waals surface area contributed by atoms with Gasteiger partial charge in [-0.25, -0.2) is 0 Å². The first-order valence-corrected chi connectivity index (χ1v) is 10.3. The Hall–Kier alpha value is -3.65. The largest absolute Gasteiger partial charge is 0.494 e. The van der Waals surface area contributed by atoms with Gasteiger partial charge < -0.3 is 14.2 Å². The number of nitrogens with zero attached hydrogens (tertiary/aromatic N) is 1. The summed E-state index contributed by atoms with van der Waals surface area (Å²) in [7, 11) is 3.08. The molecule has 1 fully saturated rings. The molecular weight excluding hydrogens is 428 g/mol. The minimum atomic E-state index is -0.572. The molecule has 0 saturated carbocycles. The van der Waals surface area contributed by atoms with Crippen LogP contribution in [0.5, 0.6) is 17.2 Å². The number of allylic oxidation sites excluding steroid dienone is 1. The number of rotatable bonds is 8. The van der Waals surface area contributed by atoms with Crippen molar-refractivity contribution in [2.24, 2.45) is 0 Å². The summed E-state index contributed by atoms with van der Waals surface area (Å²) in [5, 5.41) is 2.59.